The Balaban J connectivity index is 1.42. The van der Waals surface area contributed by atoms with E-state index in [4.69, 9.17) is 14.5 Å². The molecule has 1 amide bonds. The first kappa shape index (κ1) is 29.2. The summed E-state index contributed by atoms with van der Waals surface area (Å²) in [6.45, 7) is 2.77. The van der Waals surface area contributed by atoms with Crippen molar-refractivity contribution in [2.75, 3.05) is 13.7 Å². The number of thioether (sulfide) groups is 1. The van der Waals surface area contributed by atoms with E-state index < -0.39 is 0 Å². The molecule has 1 saturated heterocycles. The molecule has 1 heterocycles. The number of ether oxygens (including phenoxy) is 2. The largest absolute Gasteiger partial charge is 0.493 e. The summed E-state index contributed by atoms with van der Waals surface area (Å²) in [4.78, 5) is 20.8. The molecule has 0 bridgehead atoms. The predicted molar refractivity (Wildman–Crippen MR) is 172 cm³/mol. The van der Waals surface area contributed by atoms with Gasteiger partial charge in [0, 0.05) is 16.6 Å². The van der Waals surface area contributed by atoms with Gasteiger partial charge in [-0.15, -0.1) is 0 Å². The molecule has 0 spiro atoms. The van der Waals surface area contributed by atoms with Gasteiger partial charge in [-0.25, -0.2) is 4.99 Å². The van der Waals surface area contributed by atoms with Crippen molar-refractivity contribution in [3.05, 3.63) is 128 Å². The van der Waals surface area contributed by atoms with Crippen molar-refractivity contribution in [3.63, 3.8) is 0 Å². The van der Waals surface area contributed by atoms with Gasteiger partial charge in [0.15, 0.2) is 16.7 Å². The molecule has 0 aromatic heterocycles. The van der Waals surface area contributed by atoms with Gasteiger partial charge in [-0.05, 0) is 72.6 Å². The first-order valence-electron chi connectivity index (χ1n) is 13.3. The van der Waals surface area contributed by atoms with Gasteiger partial charge in [-0.2, -0.15) is 5.26 Å². The number of hydrogen-bond acceptors (Lipinski definition) is 6. The number of aliphatic imine (C=N–C) groups is 1. The Labute approximate surface area is 258 Å². The van der Waals surface area contributed by atoms with Crippen LogP contribution in [0.5, 0.6) is 11.5 Å². The van der Waals surface area contributed by atoms with Crippen LogP contribution in [0.25, 0.3) is 6.08 Å². The molecule has 0 atom stereocenters. The maximum absolute atomic E-state index is 13.7. The molecule has 1 aliphatic heterocycles. The molecule has 210 valence electrons. The Morgan fingerprint density at radius 2 is 1.74 bits per heavy atom. The molecule has 6 nitrogen and oxygen atoms in total. The lowest BCUT2D eigenvalue weighted by Gasteiger charge is -2.15. The minimum absolute atomic E-state index is 0.0962. The monoisotopic (exact) mass is 637 g/mol. The number of hydrogen-bond donors (Lipinski definition) is 0. The van der Waals surface area contributed by atoms with Crippen molar-refractivity contribution < 1.29 is 14.3 Å². The van der Waals surface area contributed by atoms with E-state index in [1.807, 2.05) is 85.8 Å². The number of nitriles is 1. The van der Waals surface area contributed by atoms with Crippen molar-refractivity contribution in [2.24, 2.45) is 4.99 Å². The molecule has 1 fully saturated rings. The third kappa shape index (κ3) is 6.93. The summed E-state index contributed by atoms with van der Waals surface area (Å²) in [6, 6.07) is 31.2. The molecule has 0 saturated carbocycles. The van der Waals surface area contributed by atoms with Crippen molar-refractivity contribution in [2.45, 2.75) is 20.0 Å². The molecule has 4 aromatic rings. The maximum atomic E-state index is 13.7. The lowest BCUT2D eigenvalue weighted by Crippen LogP contribution is -2.31. The molecular weight excluding hydrogens is 610 g/mol. The highest BCUT2D eigenvalue weighted by Gasteiger charge is 2.33. The Morgan fingerprint density at radius 1 is 1.00 bits per heavy atom. The summed E-state index contributed by atoms with van der Waals surface area (Å²) < 4.78 is 12.4. The Hall–Kier alpha value is -4.32. The van der Waals surface area contributed by atoms with Crippen molar-refractivity contribution in [1.29, 1.82) is 5.26 Å². The number of carbonyl (C=O) groups excluding carboxylic acids is 1. The third-order valence-corrected chi connectivity index (χ3v) is 8.40. The van der Waals surface area contributed by atoms with Crippen LogP contribution in [0.2, 0.25) is 0 Å². The zero-order chi connectivity index (χ0) is 29.5. The number of carbonyl (C=O) groups is 1. The summed E-state index contributed by atoms with van der Waals surface area (Å²) in [5, 5.41) is 10.0. The van der Waals surface area contributed by atoms with E-state index in [0.29, 0.717) is 40.1 Å². The van der Waals surface area contributed by atoms with Crippen LogP contribution < -0.4 is 9.47 Å². The normalized spacial score (nSPS) is 14.8. The summed E-state index contributed by atoms with van der Waals surface area (Å²) >= 11 is 5.01. The highest BCUT2D eigenvalue weighted by atomic mass is 79.9. The minimum atomic E-state index is -0.0962. The topological polar surface area (TPSA) is 74.9 Å². The number of amides is 1. The molecule has 4 aromatic carbocycles. The highest BCUT2D eigenvalue weighted by molar-refractivity contribution is 9.10. The number of methoxy groups -OCH3 is 1. The van der Waals surface area contributed by atoms with E-state index in [1.54, 1.807) is 18.1 Å². The van der Waals surface area contributed by atoms with Crippen LogP contribution in [-0.4, -0.2) is 29.6 Å². The fourth-order valence-corrected chi connectivity index (χ4v) is 5.84. The van der Waals surface area contributed by atoms with Crippen molar-refractivity contribution in [1.82, 2.24) is 4.90 Å². The van der Waals surface area contributed by atoms with E-state index in [2.05, 4.69) is 34.1 Å². The van der Waals surface area contributed by atoms with E-state index in [9.17, 15) is 10.1 Å². The quantitative estimate of drug-likeness (QED) is 0.174. The summed E-state index contributed by atoms with van der Waals surface area (Å²) in [6.07, 6.45) is 2.56. The first-order valence-corrected chi connectivity index (χ1v) is 14.9. The zero-order valence-corrected chi connectivity index (χ0v) is 25.6. The Bertz CT molecular complexity index is 1700. The fourth-order valence-electron chi connectivity index (χ4n) is 4.39. The van der Waals surface area contributed by atoms with Gasteiger partial charge < -0.3 is 9.47 Å². The Kier molecular flexibility index (Phi) is 9.42. The van der Waals surface area contributed by atoms with Crippen LogP contribution >= 0.6 is 27.7 Å². The van der Waals surface area contributed by atoms with Gasteiger partial charge >= 0.3 is 0 Å². The van der Waals surface area contributed by atoms with Crippen LogP contribution in [0.1, 0.15) is 27.8 Å². The van der Waals surface area contributed by atoms with E-state index in [0.717, 1.165) is 32.4 Å². The van der Waals surface area contributed by atoms with E-state index in [-0.39, 0.29) is 12.5 Å². The van der Waals surface area contributed by atoms with Crippen LogP contribution in [0.3, 0.4) is 0 Å². The molecule has 5 rings (SSSR count). The fraction of sp³-hybridized carbons (Fsp3) is 0.147. The molecule has 0 radical (unpaired) electrons. The molecule has 0 aliphatic carbocycles. The van der Waals surface area contributed by atoms with Gasteiger partial charge in [0.25, 0.3) is 5.91 Å². The molecule has 42 heavy (non-hydrogen) atoms. The standard InChI is InChI=1S/C34H28BrN3O3S/c1-23-12-14-28(15-13-23)37-34-38(17-16-24-8-4-3-5-9-24)33(39)32(42-34)19-27-18-30(40-2)31(20-29(27)35)41-22-26-11-7-6-10-25(26)21-36/h3-15,18-20H,16-17,22H2,1-2H3/b32-19+,37-34?. The van der Waals surface area contributed by atoms with Gasteiger partial charge in [-0.1, -0.05) is 82.2 Å². The van der Waals surface area contributed by atoms with E-state index in [1.165, 1.54) is 11.8 Å². The predicted octanol–water partition coefficient (Wildman–Crippen LogP) is 8.06. The smallest absolute Gasteiger partial charge is 0.266 e. The SMILES string of the molecule is COc1cc(/C=C2/SC(=Nc3ccc(C)cc3)N(CCc3ccccc3)C2=O)c(Br)cc1OCc1ccccc1C#N. The second kappa shape index (κ2) is 13.6. The highest BCUT2D eigenvalue weighted by Crippen LogP contribution is 2.39. The average Bonchev–Trinajstić information content (AvgIpc) is 3.30. The minimum Gasteiger partial charge on any atom is -0.493 e. The number of aryl methyl sites for hydroxylation is 1. The second-order valence-corrected chi connectivity index (χ2v) is 11.5. The molecule has 0 unspecified atom stereocenters. The van der Waals surface area contributed by atoms with Crippen LogP contribution in [0.4, 0.5) is 5.69 Å². The molecule has 8 heteroatoms. The summed E-state index contributed by atoms with van der Waals surface area (Å²) in [5.74, 6) is 0.946. The Morgan fingerprint density at radius 3 is 2.48 bits per heavy atom. The van der Waals surface area contributed by atoms with Gasteiger partial charge in [0.05, 0.1) is 29.3 Å². The van der Waals surface area contributed by atoms with E-state index >= 15 is 0 Å². The first-order chi connectivity index (χ1) is 20.4. The van der Waals surface area contributed by atoms with Gasteiger partial charge in [0.2, 0.25) is 0 Å². The lowest BCUT2D eigenvalue weighted by molar-refractivity contribution is -0.122. The average molecular weight is 639 g/mol. The summed E-state index contributed by atoms with van der Waals surface area (Å²) in [5.41, 5.74) is 5.22. The van der Waals surface area contributed by atoms with Crippen molar-refractivity contribution >= 4 is 50.5 Å². The third-order valence-electron chi connectivity index (χ3n) is 6.70. The van der Waals surface area contributed by atoms with Crippen LogP contribution in [0.15, 0.2) is 105 Å². The van der Waals surface area contributed by atoms with Gasteiger partial charge in [0.1, 0.15) is 6.61 Å². The van der Waals surface area contributed by atoms with Crippen LogP contribution in [0, 0.1) is 18.3 Å². The molecule has 1 aliphatic rings. The summed E-state index contributed by atoms with van der Waals surface area (Å²) in [7, 11) is 1.57. The number of halogens is 1. The molecule has 0 N–H and O–H groups in total. The molecular formula is C34H28BrN3O3S. The lowest BCUT2D eigenvalue weighted by atomic mass is 10.1. The number of benzene rings is 4. The maximum Gasteiger partial charge on any atom is 0.266 e. The van der Waals surface area contributed by atoms with Gasteiger partial charge in [-0.3, -0.25) is 9.69 Å². The van der Waals surface area contributed by atoms with Crippen LogP contribution in [-0.2, 0) is 17.8 Å². The van der Waals surface area contributed by atoms with Crippen molar-refractivity contribution in [3.8, 4) is 17.6 Å². The second-order valence-electron chi connectivity index (χ2n) is 9.62. The zero-order valence-electron chi connectivity index (χ0n) is 23.2. The number of amidine groups is 1. The number of nitrogens with zero attached hydrogens (tertiary/aromatic N) is 3. The number of rotatable bonds is 9.